The first-order chi connectivity index (χ1) is 15.4. The van der Waals surface area contributed by atoms with Crippen molar-refractivity contribution in [3.63, 3.8) is 0 Å². The van der Waals surface area contributed by atoms with Crippen molar-refractivity contribution in [2.75, 3.05) is 13.2 Å². The number of nitrogens with zero attached hydrogens (tertiary/aromatic N) is 1. The molecule has 2 aromatic carbocycles. The van der Waals surface area contributed by atoms with Gasteiger partial charge in [0.2, 0.25) is 5.91 Å². The predicted octanol–water partition coefficient (Wildman–Crippen LogP) is 5.92. The van der Waals surface area contributed by atoms with E-state index in [0.29, 0.717) is 28.0 Å². The molecular weight excluding hydrogens is 475 g/mol. The van der Waals surface area contributed by atoms with E-state index in [-0.39, 0.29) is 18.9 Å². The lowest BCUT2D eigenvalue weighted by atomic mass is 10.1. The summed E-state index contributed by atoms with van der Waals surface area (Å²) < 4.78 is 25.4. The molecule has 0 aliphatic carbocycles. The Morgan fingerprint density at radius 3 is 2.78 bits per heavy atom. The van der Waals surface area contributed by atoms with Gasteiger partial charge in [-0.15, -0.1) is 11.3 Å². The maximum absolute atomic E-state index is 13.5. The van der Waals surface area contributed by atoms with Gasteiger partial charge < -0.3 is 14.4 Å². The Labute approximate surface area is 192 Å². The lowest BCUT2D eigenvalue weighted by Gasteiger charge is -2.29. The molecule has 1 N–H and O–H groups in total. The average molecular weight is 493 g/mol. The molecular formula is C21H18ClN2O6PS. The molecule has 1 unspecified atom stereocenters. The molecule has 1 aliphatic heterocycles. The third-order valence-corrected chi connectivity index (χ3v) is 8.29. The van der Waals surface area contributed by atoms with E-state index in [0.717, 1.165) is 4.70 Å². The Bertz CT molecular complexity index is 1250. The van der Waals surface area contributed by atoms with Crippen molar-refractivity contribution in [2.24, 2.45) is 0 Å². The minimum absolute atomic E-state index is 0.0635. The normalized spacial score (nSPS) is 16.8. The van der Waals surface area contributed by atoms with Gasteiger partial charge in [-0.25, -0.2) is 0 Å². The van der Waals surface area contributed by atoms with Crippen LogP contribution in [0, 0.1) is 10.1 Å². The van der Waals surface area contributed by atoms with Crippen molar-refractivity contribution < 1.29 is 23.3 Å². The Hall–Kier alpha value is -2.55. The number of non-ortho nitro benzene ring substituents is 1. The minimum atomic E-state index is -3.79. The number of rotatable bonds is 6. The molecule has 32 heavy (non-hydrogen) atoms. The van der Waals surface area contributed by atoms with E-state index in [4.69, 9.17) is 20.6 Å². The highest BCUT2D eigenvalue weighted by molar-refractivity contribution is 7.55. The fraction of sp³-hybridized carbons (Fsp3) is 0.190. The molecule has 3 aromatic rings. The summed E-state index contributed by atoms with van der Waals surface area (Å²) >= 11 is 7.56. The molecule has 0 bridgehead atoms. The Kier molecular flexibility index (Phi) is 6.74. The minimum Gasteiger partial charge on any atom is -0.332 e. The van der Waals surface area contributed by atoms with E-state index in [1.54, 1.807) is 29.6 Å². The third kappa shape index (κ3) is 4.77. The second-order valence-corrected chi connectivity index (χ2v) is 10.4. The molecule has 1 amide bonds. The first kappa shape index (κ1) is 22.6. The molecule has 0 spiro atoms. The van der Waals surface area contributed by atoms with Crippen LogP contribution in [0.2, 0.25) is 5.02 Å². The van der Waals surface area contributed by atoms with Crippen LogP contribution in [0.5, 0.6) is 0 Å². The number of benzene rings is 2. The van der Waals surface area contributed by atoms with Gasteiger partial charge in [0, 0.05) is 28.1 Å². The lowest BCUT2D eigenvalue weighted by Crippen LogP contribution is -2.28. The fourth-order valence-electron chi connectivity index (χ4n) is 3.36. The first-order valence-corrected chi connectivity index (χ1v) is 12.5. The molecule has 4 rings (SSSR count). The third-order valence-electron chi connectivity index (χ3n) is 4.84. The molecule has 1 fully saturated rings. The largest absolute Gasteiger partial charge is 0.347 e. The number of carbonyl (C=O) groups is 1. The zero-order chi connectivity index (χ0) is 22.7. The van der Waals surface area contributed by atoms with Gasteiger partial charge in [-0.3, -0.25) is 19.5 Å². The number of fused-ring (bicyclic) bond motifs is 1. The number of thiophene rings is 1. The second-order valence-electron chi connectivity index (χ2n) is 6.99. The van der Waals surface area contributed by atoms with Gasteiger partial charge in [0.15, 0.2) is 5.66 Å². The van der Waals surface area contributed by atoms with Crippen LogP contribution >= 0.6 is 30.5 Å². The maximum atomic E-state index is 13.5. The van der Waals surface area contributed by atoms with Crippen LogP contribution in [0.25, 0.3) is 16.2 Å². The molecule has 1 aromatic heterocycles. The Morgan fingerprint density at radius 2 is 2.03 bits per heavy atom. The zero-order valence-corrected chi connectivity index (χ0v) is 19.1. The van der Waals surface area contributed by atoms with Crippen LogP contribution in [0.15, 0.2) is 54.0 Å². The summed E-state index contributed by atoms with van der Waals surface area (Å²) in [5.41, 5.74) is -0.212. The number of hydrogen-bond acceptors (Lipinski definition) is 7. The van der Waals surface area contributed by atoms with Crippen molar-refractivity contribution in [3.05, 3.63) is 80.3 Å². The number of nitro groups is 1. The summed E-state index contributed by atoms with van der Waals surface area (Å²) in [6.07, 6.45) is 3.45. The van der Waals surface area contributed by atoms with Crippen molar-refractivity contribution >= 4 is 58.3 Å². The molecule has 2 heterocycles. The highest BCUT2D eigenvalue weighted by atomic mass is 35.5. The smallest absolute Gasteiger partial charge is 0.332 e. The second kappa shape index (κ2) is 9.52. The Balaban J connectivity index is 1.65. The average Bonchev–Trinajstić information content (AvgIpc) is 3.17. The van der Waals surface area contributed by atoms with Crippen molar-refractivity contribution in [1.29, 1.82) is 0 Å². The number of nitrogens with one attached hydrogen (secondary N) is 1. The zero-order valence-electron chi connectivity index (χ0n) is 16.6. The van der Waals surface area contributed by atoms with E-state index in [2.05, 4.69) is 5.32 Å². The van der Waals surface area contributed by atoms with Crippen molar-refractivity contribution in [1.82, 2.24) is 5.32 Å². The van der Waals surface area contributed by atoms with Gasteiger partial charge in [-0.05, 0) is 52.6 Å². The van der Waals surface area contributed by atoms with Gasteiger partial charge in [0.25, 0.3) is 5.69 Å². The van der Waals surface area contributed by atoms with E-state index in [1.807, 2.05) is 6.07 Å². The van der Waals surface area contributed by atoms with Crippen LogP contribution in [-0.2, 0) is 18.4 Å². The summed E-state index contributed by atoms with van der Waals surface area (Å²) in [6, 6.07) is 11.3. The fourth-order valence-corrected chi connectivity index (χ4v) is 6.65. The number of carbonyl (C=O) groups excluding carboxylic acids is 1. The molecule has 11 heteroatoms. The number of nitro benzene ring substituents is 1. The van der Waals surface area contributed by atoms with E-state index >= 15 is 0 Å². The standard InChI is InChI=1S/C21H18ClN2O6PS/c22-15-5-6-19-17(12-15)18(13-32-19)20(31(28)29-9-2-10-30-31)21(25)23-8-7-14-3-1-4-16(11-14)24(26)27/h1,3-8,11-13,20H,2,9-10H2,(H,23,25)/b8-7+. The molecule has 1 aliphatic rings. The molecule has 166 valence electrons. The van der Waals surface area contributed by atoms with Crippen LogP contribution < -0.4 is 5.32 Å². The summed E-state index contributed by atoms with van der Waals surface area (Å²) in [5.74, 6) is -0.573. The SMILES string of the molecule is O=C(N/C=C/c1cccc([N+](=O)[O-])c1)C(c1csc2ccc(Cl)cc12)P1(=O)OCCCO1. The summed E-state index contributed by atoms with van der Waals surface area (Å²) in [4.78, 5) is 23.7. The Morgan fingerprint density at radius 1 is 1.25 bits per heavy atom. The van der Waals surface area contributed by atoms with Crippen LogP contribution in [0.4, 0.5) is 5.69 Å². The lowest BCUT2D eigenvalue weighted by molar-refractivity contribution is -0.384. The van der Waals surface area contributed by atoms with Gasteiger partial charge >= 0.3 is 7.60 Å². The highest BCUT2D eigenvalue weighted by Crippen LogP contribution is 2.63. The number of halogens is 1. The van der Waals surface area contributed by atoms with Gasteiger partial charge in [0.1, 0.15) is 0 Å². The molecule has 0 radical (unpaired) electrons. The van der Waals surface area contributed by atoms with Gasteiger partial charge in [-0.1, -0.05) is 23.7 Å². The molecule has 8 nitrogen and oxygen atoms in total. The summed E-state index contributed by atoms with van der Waals surface area (Å²) in [5, 5.41) is 16.5. The van der Waals surface area contributed by atoms with Crippen LogP contribution in [0.1, 0.15) is 23.2 Å². The van der Waals surface area contributed by atoms with E-state index in [9.17, 15) is 19.5 Å². The molecule has 0 saturated carbocycles. The predicted molar refractivity (Wildman–Crippen MR) is 124 cm³/mol. The molecule has 1 atom stereocenters. The van der Waals surface area contributed by atoms with E-state index in [1.165, 1.54) is 35.7 Å². The maximum Gasteiger partial charge on any atom is 0.347 e. The van der Waals surface area contributed by atoms with Crippen molar-refractivity contribution in [3.8, 4) is 0 Å². The summed E-state index contributed by atoms with van der Waals surface area (Å²) in [6.45, 7) is 0.459. The topological polar surface area (TPSA) is 108 Å². The van der Waals surface area contributed by atoms with E-state index < -0.39 is 24.1 Å². The van der Waals surface area contributed by atoms with Crippen LogP contribution in [-0.4, -0.2) is 24.0 Å². The van der Waals surface area contributed by atoms with Crippen LogP contribution in [0.3, 0.4) is 0 Å². The number of hydrogen-bond donors (Lipinski definition) is 1. The summed E-state index contributed by atoms with van der Waals surface area (Å²) in [7, 11) is -3.79. The first-order valence-electron chi connectivity index (χ1n) is 9.64. The van der Waals surface area contributed by atoms with Gasteiger partial charge in [0.05, 0.1) is 18.1 Å². The number of amides is 1. The highest BCUT2D eigenvalue weighted by Gasteiger charge is 2.45. The van der Waals surface area contributed by atoms with Crippen molar-refractivity contribution in [2.45, 2.75) is 12.1 Å². The van der Waals surface area contributed by atoms with Gasteiger partial charge in [-0.2, -0.15) is 0 Å². The monoisotopic (exact) mass is 492 g/mol. The quantitative estimate of drug-likeness (QED) is 0.260. The molecule has 1 saturated heterocycles.